The quantitative estimate of drug-likeness (QED) is 0.190. The molecule has 1 aliphatic heterocycles. The Morgan fingerprint density at radius 1 is 1.15 bits per heavy atom. The molecule has 40 heavy (non-hydrogen) atoms. The third kappa shape index (κ3) is 6.60. The standard InChI is InChI=1S/C28H31F3N4O5/c1-27(2,3)18-11-17(12-21(39-10-4-5-22(32)37)24(18)40-26(38)28(29,30)31)20(36)14-35-13-16-8-9-19(15-6-7-15)34-23(16)25(35)33/h8-9,11-12,15,33H,4-7,10,13-14H2,1-3H3,(H2,32,37). The van der Waals surface area contributed by atoms with Gasteiger partial charge in [0.1, 0.15) is 11.5 Å². The number of Topliss-reactive ketones (excluding diaryl/α,β-unsaturated/α-hetero) is 1. The number of pyridine rings is 1. The lowest BCUT2D eigenvalue weighted by Crippen LogP contribution is -2.31. The van der Waals surface area contributed by atoms with Crippen LogP contribution in [0, 0.1) is 5.41 Å². The maximum atomic E-state index is 13.5. The molecule has 2 aromatic rings. The Morgan fingerprint density at radius 3 is 2.45 bits per heavy atom. The van der Waals surface area contributed by atoms with Gasteiger partial charge in [-0.2, -0.15) is 13.2 Å². The topological polar surface area (TPSA) is 136 Å². The molecule has 1 amide bonds. The number of amidine groups is 1. The van der Waals surface area contributed by atoms with Gasteiger partial charge in [0, 0.05) is 41.3 Å². The third-order valence-corrected chi connectivity index (χ3v) is 6.67. The van der Waals surface area contributed by atoms with Gasteiger partial charge in [-0.1, -0.05) is 26.8 Å². The number of carbonyl (C=O) groups excluding carboxylic acids is 3. The fourth-order valence-corrected chi connectivity index (χ4v) is 4.39. The van der Waals surface area contributed by atoms with Crippen molar-refractivity contribution in [3.8, 4) is 11.5 Å². The molecule has 2 aliphatic rings. The number of ketones is 1. The normalized spacial score (nSPS) is 15.2. The summed E-state index contributed by atoms with van der Waals surface area (Å²) in [6.45, 7) is 5.08. The molecular weight excluding hydrogens is 529 g/mol. The first-order valence-electron chi connectivity index (χ1n) is 12.9. The van der Waals surface area contributed by atoms with Crippen molar-refractivity contribution >= 4 is 23.5 Å². The minimum Gasteiger partial charge on any atom is -0.490 e. The van der Waals surface area contributed by atoms with Crippen LogP contribution in [0.15, 0.2) is 24.3 Å². The molecule has 0 saturated heterocycles. The summed E-state index contributed by atoms with van der Waals surface area (Å²) in [5.74, 6) is -3.59. The highest BCUT2D eigenvalue weighted by Crippen LogP contribution is 2.42. The lowest BCUT2D eigenvalue weighted by molar-refractivity contribution is -0.189. The number of nitrogens with one attached hydrogen (secondary N) is 1. The number of hydrogen-bond acceptors (Lipinski definition) is 7. The molecular formula is C28H31F3N4O5. The number of halogens is 3. The van der Waals surface area contributed by atoms with Crippen LogP contribution in [0.25, 0.3) is 0 Å². The van der Waals surface area contributed by atoms with E-state index >= 15 is 0 Å². The molecule has 1 aliphatic carbocycles. The van der Waals surface area contributed by atoms with Gasteiger partial charge in [-0.15, -0.1) is 0 Å². The number of hydrogen-bond donors (Lipinski definition) is 2. The van der Waals surface area contributed by atoms with E-state index in [0.29, 0.717) is 18.2 Å². The van der Waals surface area contributed by atoms with Crippen molar-refractivity contribution in [1.82, 2.24) is 9.88 Å². The van der Waals surface area contributed by atoms with E-state index in [4.69, 9.17) is 20.6 Å². The van der Waals surface area contributed by atoms with Crippen molar-refractivity contribution in [3.63, 3.8) is 0 Å². The summed E-state index contributed by atoms with van der Waals surface area (Å²) in [5, 5.41) is 8.59. The molecule has 3 N–H and O–H groups in total. The van der Waals surface area contributed by atoms with Crippen LogP contribution >= 0.6 is 0 Å². The Balaban J connectivity index is 1.63. The molecule has 0 unspecified atom stereocenters. The second-order valence-electron chi connectivity index (χ2n) is 11.1. The number of aromatic nitrogens is 1. The summed E-state index contributed by atoms with van der Waals surface area (Å²) >= 11 is 0. The van der Waals surface area contributed by atoms with Crippen LogP contribution in [0.5, 0.6) is 11.5 Å². The zero-order valence-corrected chi connectivity index (χ0v) is 22.5. The third-order valence-electron chi connectivity index (χ3n) is 6.67. The van der Waals surface area contributed by atoms with Crippen LogP contribution in [0.2, 0.25) is 0 Å². The Labute approximate surface area is 229 Å². The molecule has 1 saturated carbocycles. The highest BCUT2D eigenvalue weighted by atomic mass is 19.4. The van der Waals surface area contributed by atoms with Gasteiger partial charge in [-0.25, -0.2) is 9.78 Å². The van der Waals surface area contributed by atoms with Gasteiger partial charge >= 0.3 is 12.1 Å². The van der Waals surface area contributed by atoms with E-state index in [1.807, 2.05) is 12.1 Å². The van der Waals surface area contributed by atoms with Crippen LogP contribution < -0.4 is 15.2 Å². The number of esters is 1. The Bertz CT molecular complexity index is 1360. The average Bonchev–Trinajstić information content (AvgIpc) is 3.66. The van der Waals surface area contributed by atoms with Crippen LogP contribution in [-0.2, 0) is 21.5 Å². The van der Waals surface area contributed by atoms with E-state index in [1.165, 1.54) is 12.1 Å². The smallest absolute Gasteiger partial charge is 0.490 e. The van der Waals surface area contributed by atoms with Crippen molar-refractivity contribution in [2.24, 2.45) is 5.73 Å². The van der Waals surface area contributed by atoms with Crippen LogP contribution in [0.4, 0.5) is 13.2 Å². The lowest BCUT2D eigenvalue weighted by atomic mass is 9.84. The first-order valence-corrected chi connectivity index (χ1v) is 12.9. The predicted octanol–water partition coefficient (Wildman–Crippen LogP) is 4.39. The van der Waals surface area contributed by atoms with Gasteiger partial charge in [0.05, 0.1) is 13.2 Å². The monoisotopic (exact) mass is 560 g/mol. The van der Waals surface area contributed by atoms with Crippen molar-refractivity contribution in [2.75, 3.05) is 13.2 Å². The molecule has 0 radical (unpaired) electrons. The van der Waals surface area contributed by atoms with E-state index in [0.717, 1.165) is 24.1 Å². The molecule has 214 valence electrons. The second-order valence-corrected chi connectivity index (χ2v) is 11.1. The largest absolute Gasteiger partial charge is 0.491 e. The summed E-state index contributed by atoms with van der Waals surface area (Å²) in [4.78, 5) is 42.5. The highest BCUT2D eigenvalue weighted by Gasteiger charge is 2.43. The van der Waals surface area contributed by atoms with Gasteiger partial charge in [0.2, 0.25) is 5.91 Å². The average molecular weight is 561 g/mol. The molecule has 1 aromatic carbocycles. The van der Waals surface area contributed by atoms with Gasteiger partial charge in [-0.05, 0) is 42.9 Å². The molecule has 2 heterocycles. The number of primary amides is 1. The van der Waals surface area contributed by atoms with E-state index in [2.05, 4.69) is 4.98 Å². The Kier molecular flexibility index (Phi) is 7.91. The summed E-state index contributed by atoms with van der Waals surface area (Å²) in [5.41, 5.74) is 6.87. The number of benzene rings is 1. The van der Waals surface area contributed by atoms with Crippen molar-refractivity contribution in [1.29, 1.82) is 5.41 Å². The van der Waals surface area contributed by atoms with Gasteiger partial charge in [0.25, 0.3) is 0 Å². The first-order chi connectivity index (χ1) is 18.6. The fraction of sp³-hybridized carbons (Fsp3) is 0.464. The lowest BCUT2D eigenvalue weighted by Gasteiger charge is -2.26. The molecule has 0 atom stereocenters. The molecule has 0 spiro atoms. The van der Waals surface area contributed by atoms with E-state index < -0.39 is 35.0 Å². The highest BCUT2D eigenvalue weighted by molar-refractivity contribution is 6.04. The van der Waals surface area contributed by atoms with Gasteiger partial charge in [0.15, 0.2) is 17.3 Å². The molecule has 0 bridgehead atoms. The predicted molar refractivity (Wildman–Crippen MR) is 139 cm³/mol. The van der Waals surface area contributed by atoms with E-state index in [-0.39, 0.29) is 48.7 Å². The molecule has 1 aromatic heterocycles. The Morgan fingerprint density at radius 2 is 1.85 bits per heavy atom. The zero-order chi connectivity index (χ0) is 29.4. The molecule has 9 nitrogen and oxygen atoms in total. The Hall–Kier alpha value is -3.96. The summed E-state index contributed by atoms with van der Waals surface area (Å²) in [6, 6.07) is 6.48. The van der Waals surface area contributed by atoms with Crippen LogP contribution in [0.1, 0.15) is 85.2 Å². The molecule has 1 fully saturated rings. The number of nitrogens with two attached hydrogens (primary N) is 1. The summed E-state index contributed by atoms with van der Waals surface area (Å²) in [7, 11) is 0. The maximum absolute atomic E-state index is 13.5. The zero-order valence-electron chi connectivity index (χ0n) is 22.5. The summed E-state index contributed by atoms with van der Waals surface area (Å²) in [6.07, 6.45) is -3.00. The SMILES string of the molecule is CC(C)(C)c1cc(C(=O)CN2Cc3ccc(C4CC4)nc3C2=N)cc(OCCCC(N)=O)c1OC(=O)C(F)(F)F. The number of ether oxygens (including phenoxy) is 2. The van der Waals surface area contributed by atoms with Crippen LogP contribution in [0.3, 0.4) is 0 Å². The van der Waals surface area contributed by atoms with Crippen molar-refractivity contribution in [3.05, 3.63) is 52.3 Å². The number of rotatable bonds is 10. The minimum absolute atomic E-state index is 0.0312. The maximum Gasteiger partial charge on any atom is 0.491 e. The number of alkyl halides is 3. The minimum atomic E-state index is -5.26. The van der Waals surface area contributed by atoms with Crippen molar-refractivity contribution < 1.29 is 37.0 Å². The fourth-order valence-electron chi connectivity index (χ4n) is 4.39. The molecule has 12 heteroatoms. The number of fused-ring (bicyclic) bond motifs is 1. The summed E-state index contributed by atoms with van der Waals surface area (Å²) < 4.78 is 49.7. The molecule has 4 rings (SSSR count). The van der Waals surface area contributed by atoms with Gasteiger partial charge < -0.3 is 20.1 Å². The van der Waals surface area contributed by atoms with Crippen LogP contribution in [-0.4, -0.2) is 52.7 Å². The van der Waals surface area contributed by atoms with E-state index in [9.17, 15) is 27.6 Å². The van der Waals surface area contributed by atoms with E-state index in [1.54, 1.807) is 25.7 Å². The van der Waals surface area contributed by atoms with Crippen molar-refractivity contribution in [2.45, 2.75) is 70.5 Å². The number of nitrogens with zero attached hydrogens (tertiary/aromatic N) is 2. The second kappa shape index (κ2) is 10.9. The van der Waals surface area contributed by atoms with Gasteiger partial charge in [-0.3, -0.25) is 15.0 Å². The number of carbonyl (C=O) groups is 3. The first kappa shape index (κ1) is 29.0. The number of amides is 1.